The molecular formula is C29H33F2NO5. The van der Waals surface area contributed by atoms with E-state index in [1.807, 2.05) is 31.2 Å². The fourth-order valence-electron chi connectivity index (χ4n) is 3.95. The molecule has 0 saturated carbocycles. The van der Waals surface area contributed by atoms with E-state index in [1.54, 1.807) is 36.4 Å². The maximum absolute atomic E-state index is 14.3. The van der Waals surface area contributed by atoms with Crippen LogP contribution in [-0.2, 0) is 35.1 Å². The van der Waals surface area contributed by atoms with E-state index in [0.717, 1.165) is 11.1 Å². The van der Waals surface area contributed by atoms with Gasteiger partial charge in [0.2, 0.25) is 0 Å². The molecule has 0 fully saturated rings. The highest BCUT2D eigenvalue weighted by Gasteiger charge is 2.31. The normalized spacial score (nSPS) is 13.2. The Labute approximate surface area is 215 Å². The molecule has 2 unspecified atom stereocenters. The molecule has 3 aromatic carbocycles. The van der Waals surface area contributed by atoms with Crippen molar-refractivity contribution in [1.29, 1.82) is 0 Å². The van der Waals surface area contributed by atoms with Crippen LogP contribution in [0.25, 0.3) is 0 Å². The van der Waals surface area contributed by atoms with Crippen LogP contribution in [-0.4, -0.2) is 35.4 Å². The number of rotatable bonds is 13. The van der Waals surface area contributed by atoms with Crippen LogP contribution < -0.4 is 10.1 Å². The molecule has 6 nitrogen and oxygen atoms in total. The third kappa shape index (κ3) is 8.72. The van der Waals surface area contributed by atoms with Crippen molar-refractivity contribution in [3.05, 3.63) is 101 Å². The average Bonchev–Trinajstić information content (AvgIpc) is 2.88. The van der Waals surface area contributed by atoms with E-state index in [4.69, 9.17) is 9.47 Å². The molecule has 0 saturated heterocycles. The zero-order valence-electron chi connectivity index (χ0n) is 21.0. The topological polar surface area (TPSA) is 88.0 Å². The molecule has 0 radical (unpaired) electrons. The summed E-state index contributed by atoms with van der Waals surface area (Å²) in [5, 5.41) is 23.4. The second kappa shape index (κ2) is 13.4. The number of halogens is 2. The number of alkyl halides is 2. The van der Waals surface area contributed by atoms with Crippen LogP contribution in [0.15, 0.2) is 72.8 Å². The first-order valence-electron chi connectivity index (χ1n) is 12.1. The molecule has 0 aliphatic rings. The van der Waals surface area contributed by atoms with E-state index in [0.29, 0.717) is 17.5 Å². The van der Waals surface area contributed by atoms with Crippen molar-refractivity contribution in [2.75, 3.05) is 13.2 Å². The number of aliphatic hydroxyl groups excluding tert-OH is 2. The van der Waals surface area contributed by atoms with Gasteiger partial charge >= 0.3 is 5.97 Å². The van der Waals surface area contributed by atoms with E-state index in [9.17, 15) is 23.8 Å². The van der Waals surface area contributed by atoms with Crippen LogP contribution >= 0.6 is 0 Å². The Morgan fingerprint density at radius 3 is 2.46 bits per heavy atom. The van der Waals surface area contributed by atoms with Gasteiger partial charge in [-0.3, -0.25) is 4.79 Å². The predicted molar refractivity (Wildman–Crippen MR) is 136 cm³/mol. The molecule has 2 atom stereocenters. The van der Waals surface area contributed by atoms with Gasteiger partial charge in [-0.05, 0) is 42.2 Å². The number of ether oxygens (including phenoxy) is 2. The maximum Gasteiger partial charge on any atom is 0.308 e. The molecule has 0 amide bonds. The smallest absolute Gasteiger partial charge is 0.308 e. The molecule has 8 heteroatoms. The SMILES string of the molecule is CC(=O)Oc1ccc(C(O)CNC(C)Cc2cccc(COCC(F)(F)c3ccccc3)c2)cc1CO. The van der Waals surface area contributed by atoms with E-state index >= 15 is 0 Å². The van der Waals surface area contributed by atoms with Crippen molar-refractivity contribution < 1.29 is 33.3 Å². The Balaban J connectivity index is 1.49. The molecule has 0 aliphatic carbocycles. The van der Waals surface area contributed by atoms with Gasteiger partial charge < -0.3 is 25.0 Å². The second-order valence-corrected chi connectivity index (χ2v) is 9.03. The number of benzene rings is 3. The Kier molecular flexibility index (Phi) is 10.3. The first-order chi connectivity index (χ1) is 17.7. The van der Waals surface area contributed by atoms with Crippen LogP contribution in [0.2, 0.25) is 0 Å². The summed E-state index contributed by atoms with van der Waals surface area (Å²) in [6, 6.07) is 20.1. The Morgan fingerprint density at radius 2 is 1.76 bits per heavy atom. The summed E-state index contributed by atoms with van der Waals surface area (Å²) in [5.41, 5.74) is 2.75. The minimum atomic E-state index is -3.06. The standard InChI is InChI=1S/C29H33F2NO5/c1-20(32-16-27(35)24-11-12-28(37-21(2)34)25(15-24)17-33)13-22-7-6-8-23(14-22)18-36-19-29(30,31)26-9-4-3-5-10-26/h3-12,14-15,20,27,32-33,35H,13,16-19H2,1-2H3. The van der Waals surface area contributed by atoms with E-state index in [-0.39, 0.29) is 37.1 Å². The van der Waals surface area contributed by atoms with Gasteiger partial charge in [-0.25, -0.2) is 0 Å². The van der Waals surface area contributed by atoms with E-state index in [1.165, 1.54) is 19.1 Å². The highest BCUT2D eigenvalue weighted by Crippen LogP contribution is 2.28. The van der Waals surface area contributed by atoms with Gasteiger partial charge in [-0.2, -0.15) is 8.78 Å². The first-order valence-corrected chi connectivity index (χ1v) is 12.1. The van der Waals surface area contributed by atoms with Gasteiger partial charge in [-0.15, -0.1) is 0 Å². The predicted octanol–water partition coefficient (Wildman–Crippen LogP) is 4.67. The van der Waals surface area contributed by atoms with Gasteiger partial charge in [0.25, 0.3) is 5.92 Å². The lowest BCUT2D eigenvalue weighted by molar-refractivity contribution is -0.131. The van der Waals surface area contributed by atoms with Crippen LogP contribution in [0.3, 0.4) is 0 Å². The summed E-state index contributed by atoms with van der Waals surface area (Å²) in [6.07, 6.45) is -0.168. The molecule has 0 heterocycles. The van der Waals surface area contributed by atoms with Gasteiger partial charge in [0.1, 0.15) is 12.4 Å². The second-order valence-electron chi connectivity index (χ2n) is 9.03. The summed E-state index contributed by atoms with van der Waals surface area (Å²) in [4.78, 5) is 11.2. The van der Waals surface area contributed by atoms with E-state index in [2.05, 4.69) is 5.32 Å². The number of hydrogen-bond acceptors (Lipinski definition) is 6. The number of carbonyl (C=O) groups is 1. The lowest BCUT2D eigenvalue weighted by Gasteiger charge is -2.19. The quantitative estimate of drug-likeness (QED) is 0.228. The summed E-state index contributed by atoms with van der Waals surface area (Å²) >= 11 is 0. The summed E-state index contributed by atoms with van der Waals surface area (Å²) < 4.78 is 39.0. The van der Waals surface area contributed by atoms with E-state index < -0.39 is 24.6 Å². The zero-order chi connectivity index (χ0) is 26.8. The summed E-state index contributed by atoms with van der Waals surface area (Å²) in [7, 11) is 0. The largest absolute Gasteiger partial charge is 0.426 e. The number of nitrogens with one attached hydrogen (secondary N) is 1. The number of aliphatic hydroxyl groups is 2. The Bertz CT molecular complexity index is 1160. The van der Waals surface area contributed by atoms with Gasteiger partial charge in [0.05, 0.1) is 19.3 Å². The lowest BCUT2D eigenvalue weighted by Crippen LogP contribution is -2.32. The van der Waals surface area contributed by atoms with Gasteiger partial charge in [-0.1, -0.05) is 60.7 Å². The highest BCUT2D eigenvalue weighted by atomic mass is 19.3. The monoisotopic (exact) mass is 513 g/mol. The number of hydrogen-bond donors (Lipinski definition) is 3. The van der Waals surface area contributed by atoms with Crippen molar-refractivity contribution in [2.24, 2.45) is 0 Å². The molecule has 3 aromatic rings. The minimum absolute atomic E-state index is 0.0193. The van der Waals surface area contributed by atoms with Crippen LogP contribution in [0.1, 0.15) is 47.8 Å². The zero-order valence-corrected chi connectivity index (χ0v) is 21.0. The Hall–Kier alpha value is -3.17. The minimum Gasteiger partial charge on any atom is -0.426 e. The number of carbonyl (C=O) groups excluding carboxylic acids is 1. The first kappa shape index (κ1) is 28.4. The molecule has 3 N–H and O–H groups in total. The molecule has 0 bridgehead atoms. The molecule has 0 spiro atoms. The van der Waals surface area contributed by atoms with Gasteiger partial charge in [0, 0.05) is 30.6 Å². The molecule has 198 valence electrons. The fourth-order valence-corrected chi connectivity index (χ4v) is 3.95. The number of esters is 1. The Morgan fingerprint density at radius 1 is 1.03 bits per heavy atom. The molecular weight excluding hydrogens is 480 g/mol. The van der Waals surface area contributed by atoms with Crippen molar-refractivity contribution in [3.8, 4) is 5.75 Å². The summed E-state index contributed by atoms with van der Waals surface area (Å²) in [6.45, 7) is 2.60. The van der Waals surface area contributed by atoms with Crippen molar-refractivity contribution in [2.45, 2.75) is 51.6 Å². The van der Waals surface area contributed by atoms with Crippen LogP contribution in [0, 0.1) is 0 Å². The third-order valence-corrected chi connectivity index (χ3v) is 5.83. The maximum atomic E-state index is 14.3. The average molecular weight is 514 g/mol. The molecule has 0 aromatic heterocycles. The highest BCUT2D eigenvalue weighted by molar-refractivity contribution is 5.69. The third-order valence-electron chi connectivity index (χ3n) is 5.83. The molecule has 37 heavy (non-hydrogen) atoms. The van der Waals surface area contributed by atoms with Crippen LogP contribution in [0.4, 0.5) is 8.78 Å². The van der Waals surface area contributed by atoms with Crippen LogP contribution in [0.5, 0.6) is 5.75 Å². The van der Waals surface area contributed by atoms with Crippen molar-refractivity contribution in [1.82, 2.24) is 5.32 Å². The fraction of sp³-hybridized carbons (Fsp3) is 0.345. The van der Waals surface area contributed by atoms with Crippen molar-refractivity contribution in [3.63, 3.8) is 0 Å². The van der Waals surface area contributed by atoms with Gasteiger partial charge in [0.15, 0.2) is 0 Å². The van der Waals surface area contributed by atoms with Crippen molar-refractivity contribution >= 4 is 5.97 Å². The summed E-state index contributed by atoms with van der Waals surface area (Å²) in [5.74, 6) is -3.28. The lowest BCUT2D eigenvalue weighted by atomic mass is 10.0. The molecule has 3 rings (SSSR count). The molecule has 0 aliphatic heterocycles.